The van der Waals surface area contributed by atoms with E-state index in [2.05, 4.69) is 15.2 Å². The molecule has 2 aromatic heterocycles. The molecule has 2 heterocycles. The molecular weight excluding hydrogens is 192 g/mol. The van der Waals surface area contributed by atoms with Crippen molar-refractivity contribution in [1.29, 1.82) is 0 Å². The second-order valence-electron chi connectivity index (χ2n) is 3.45. The van der Waals surface area contributed by atoms with Crippen LogP contribution in [0, 0.1) is 6.92 Å². The van der Waals surface area contributed by atoms with Gasteiger partial charge in [-0.25, -0.2) is 4.98 Å². The van der Waals surface area contributed by atoms with Gasteiger partial charge in [-0.15, -0.1) is 0 Å². The highest BCUT2D eigenvalue weighted by Crippen LogP contribution is 2.12. The summed E-state index contributed by atoms with van der Waals surface area (Å²) in [6.45, 7) is 2.49. The van der Waals surface area contributed by atoms with Gasteiger partial charge in [0, 0.05) is 17.7 Å². The Balaban J connectivity index is 2.13. The second kappa shape index (κ2) is 4.27. The van der Waals surface area contributed by atoms with Gasteiger partial charge < -0.3 is 10.2 Å². The molecule has 15 heavy (non-hydrogen) atoms. The van der Waals surface area contributed by atoms with Gasteiger partial charge in [0.15, 0.2) is 5.89 Å². The molecule has 0 atom stereocenters. The maximum Gasteiger partial charge on any atom is 0.198 e. The fourth-order valence-electron chi connectivity index (χ4n) is 1.50. The third kappa shape index (κ3) is 2.24. The van der Waals surface area contributed by atoms with Gasteiger partial charge in [-0.2, -0.15) is 5.10 Å². The Morgan fingerprint density at radius 2 is 2.33 bits per heavy atom. The molecule has 0 saturated carbocycles. The number of oxazole rings is 1. The molecule has 5 nitrogen and oxygen atoms in total. The standard InChI is InChI=1S/C10H14N4O/c1-7-5-12-10(15-7)4-8-6-13-14-9(8)2-3-11/h5-6H,2-4,11H2,1H3,(H,13,14). The minimum absolute atomic E-state index is 0.611. The van der Waals surface area contributed by atoms with Crippen LogP contribution in [0.2, 0.25) is 0 Å². The third-order valence-corrected chi connectivity index (χ3v) is 2.21. The Morgan fingerprint density at radius 1 is 1.47 bits per heavy atom. The van der Waals surface area contributed by atoms with E-state index in [0.717, 1.165) is 23.4 Å². The molecule has 2 rings (SSSR count). The van der Waals surface area contributed by atoms with Crippen molar-refractivity contribution in [2.75, 3.05) is 6.54 Å². The number of H-pyrrole nitrogens is 1. The Hall–Kier alpha value is -1.62. The quantitative estimate of drug-likeness (QED) is 0.775. The number of nitrogens with zero attached hydrogens (tertiary/aromatic N) is 2. The van der Waals surface area contributed by atoms with E-state index in [-0.39, 0.29) is 0 Å². The average molecular weight is 206 g/mol. The van der Waals surface area contributed by atoms with Crippen molar-refractivity contribution < 1.29 is 4.42 Å². The number of aryl methyl sites for hydroxylation is 1. The lowest BCUT2D eigenvalue weighted by atomic mass is 10.1. The van der Waals surface area contributed by atoms with Gasteiger partial charge in [-0.1, -0.05) is 0 Å². The lowest BCUT2D eigenvalue weighted by molar-refractivity contribution is 0.481. The summed E-state index contributed by atoms with van der Waals surface area (Å²) in [5.41, 5.74) is 7.66. The van der Waals surface area contributed by atoms with Crippen molar-refractivity contribution in [1.82, 2.24) is 15.2 Å². The summed E-state index contributed by atoms with van der Waals surface area (Å²) in [7, 11) is 0. The number of nitrogens with one attached hydrogen (secondary N) is 1. The van der Waals surface area contributed by atoms with Crippen molar-refractivity contribution >= 4 is 0 Å². The molecule has 80 valence electrons. The summed E-state index contributed by atoms with van der Waals surface area (Å²) in [4.78, 5) is 4.15. The number of aromatic nitrogens is 3. The molecule has 0 aliphatic carbocycles. The van der Waals surface area contributed by atoms with Gasteiger partial charge in [-0.3, -0.25) is 5.10 Å². The van der Waals surface area contributed by atoms with Crippen molar-refractivity contribution in [2.24, 2.45) is 5.73 Å². The molecule has 0 amide bonds. The van der Waals surface area contributed by atoms with Crippen molar-refractivity contribution in [3.63, 3.8) is 0 Å². The first-order valence-corrected chi connectivity index (χ1v) is 4.92. The fourth-order valence-corrected chi connectivity index (χ4v) is 1.50. The Morgan fingerprint density at radius 3 is 3.00 bits per heavy atom. The summed E-state index contributed by atoms with van der Waals surface area (Å²) in [6, 6.07) is 0. The molecule has 0 bridgehead atoms. The Kier molecular flexibility index (Phi) is 2.82. The zero-order valence-electron chi connectivity index (χ0n) is 8.66. The van der Waals surface area contributed by atoms with Crippen LogP contribution in [-0.2, 0) is 12.8 Å². The zero-order chi connectivity index (χ0) is 10.7. The fraction of sp³-hybridized carbons (Fsp3) is 0.400. The highest BCUT2D eigenvalue weighted by atomic mass is 16.3. The van der Waals surface area contributed by atoms with E-state index in [1.165, 1.54) is 0 Å². The number of nitrogens with two attached hydrogens (primary N) is 1. The molecule has 0 radical (unpaired) electrons. The summed E-state index contributed by atoms with van der Waals surface area (Å²) in [5, 5.41) is 6.93. The van der Waals surface area contributed by atoms with E-state index in [1.807, 2.05) is 6.92 Å². The second-order valence-corrected chi connectivity index (χ2v) is 3.45. The summed E-state index contributed by atoms with van der Waals surface area (Å²) >= 11 is 0. The van der Waals surface area contributed by atoms with Gasteiger partial charge in [0.05, 0.1) is 18.8 Å². The molecule has 0 fully saturated rings. The number of rotatable bonds is 4. The minimum atomic E-state index is 0.611. The van der Waals surface area contributed by atoms with E-state index < -0.39 is 0 Å². The van der Waals surface area contributed by atoms with E-state index in [1.54, 1.807) is 12.4 Å². The van der Waals surface area contributed by atoms with Crippen LogP contribution in [0.15, 0.2) is 16.8 Å². The van der Waals surface area contributed by atoms with Gasteiger partial charge >= 0.3 is 0 Å². The molecule has 2 aromatic rings. The molecule has 0 spiro atoms. The van der Waals surface area contributed by atoms with Gasteiger partial charge in [0.1, 0.15) is 5.76 Å². The molecular formula is C10H14N4O. The summed E-state index contributed by atoms with van der Waals surface area (Å²) < 4.78 is 5.41. The minimum Gasteiger partial charge on any atom is -0.446 e. The maximum absolute atomic E-state index is 5.50. The largest absolute Gasteiger partial charge is 0.446 e. The lowest BCUT2D eigenvalue weighted by Crippen LogP contribution is -2.05. The zero-order valence-corrected chi connectivity index (χ0v) is 8.66. The molecule has 0 aliphatic rings. The number of hydrogen-bond donors (Lipinski definition) is 2. The van der Waals surface area contributed by atoms with Crippen molar-refractivity contribution in [3.8, 4) is 0 Å². The number of hydrogen-bond acceptors (Lipinski definition) is 4. The smallest absolute Gasteiger partial charge is 0.198 e. The Bertz CT molecular complexity index is 432. The van der Waals surface area contributed by atoms with Crippen LogP contribution in [0.1, 0.15) is 22.9 Å². The molecule has 3 N–H and O–H groups in total. The first-order chi connectivity index (χ1) is 7.29. The van der Waals surface area contributed by atoms with Gasteiger partial charge in [0.2, 0.25) is 0 Å². The van der Waals surface area contributed by atoms with Crippen LogP contribution in [0.3, 0.4) is 0 Å². The normalized spacial score (nSPS) is 10.8. The summed E-state index contributed by atoms with van der Waals surface area (Å²) in [6.07, 6.45) is 4.98. The van der Waals surface area contributed by atoms with Crippen LogP contribution in [0.5, 0.6) is 0 Å². The number of aromatic amines is 1. The van der Waals surface area contributed by atoms with Gasteiger partial charge in [0.25, 0.3) is 0 Å². The molecule has 0 aliphatic heterocycles. The van der Waals surface area contributed by atoms with E-state index in [9.17, 15) is 0 Å². The van der Waals surface area contributed by atoms with Crippen LogP contribution in [-0.4, -0.2) is 21.7 Å². The summed E-state index contributed by atoms with van der Waals surface area (Å²) in [5.74, 6) is 1.54. The Labute approximate surface area is 87.7 Å². The monoisotopic (exact) mass is 206 g/mol. The highest BCUT2D eigenvalue weighted by Gasteiger charge is 2.08. The molecule has 0 unspecified atom stereocenters. The SMILES string of the molecule is Cc1cnc(Cc2cn[nH]c2CCN)o1. The van der Waals surface area contributed by atoms with Crippen molar-refractivity contribution in [3.05, 3.63) is 35.3 Å². The van der Waals surface area contributed by atoms with Crippen LogP contribution in [0.4, 0.5) is 0 Å². The first kappa shape index (κ1) is 9.92. The average Bonchev–Trinajstić information content (AvgIpc) is 2.78. The van der Waals surface area contributed by atoms with Crippen LogP contribution >= 0.6 is 0 Å². The van der Waals surface area contributed by atoms with Crippen LogP contribution in [0.25, 0.3) is 0 Å². The van der Waals surface area contributed by atoms with E-state index in [0.29, 0.717) is 18.9 Å². The highest BCUT2D eigenvalue weighted by molar-refractivity contribution is 5.20. The lowest BCUT2D eigenvalue weighted by Gasteiger charge is -1.98. The molecule has 0 saturated heterocycles. The van der Waals surface area contributed by atoms with E-state index >= 15 is 0 Å². The predicted molar refractivity (Wildman–Crippen MR) is 55.4 cm³/mol. The maximum atomic E-state index is 5.50. The first-order valence-electron chi connectivity index (χ1n) is 4.92. The van der Waals surface area contributed by atoms with Crippen molar-refractivity contribution in [2.45, 2.75) is 19.8 Å². The molecule has 0 aromatic carbocycles. The predicted octanol–water partition coefficient (Wildman–Crippen LogP) is 0.798. The van der Waals surface area contributed by atoms with E-state index in [4.69, 9.17) is 10.2 Å². The molecule has 5 heteroatoms. The topological polar surface area (TPSA) is 80.7 Å². The third-order valence-electron chi connectivity index (χ3n) is 2.21. The van der Waals surface area contributed by atoms with Gasteiger partial charge in [-0.05, 0) is 13.5 Å². The van der Waals surface area contributed by atoms with Crippen LogP contribution < -0.4 is 5.73 Å².